The minimum atomic E-state index is -0.567. The van der Waals surface area contributed by atoms with Gasteiger partial charge < -0.3 is 20.5 Å². The summed E-state index contributed by atoms with van der Waals surface area (Å²) < 4.78 is 20.3. The molecule has 0 unspecified atom stereocenters. The lowest BCUT2D eigenvalue weighted by Crippen LogP contribution is -2.04. The Morgan fingerprint density at radius 1 is 1.28 bits per heavy atom. The van der Waals surface area contributed by atoms with Crippen LogP contribution >= 0.6 is 11.6 Å². The van der Waals surface area contributed by atoms with Crippen molar-refractivity contribution in [1.82, 2.24) is 20.2 Å². The Hall–Kier alpha value is -3.07. The van der Waals surface area contributed by atoms with E-state index in [0.29, 0.717) is 21.8 Å². The first-order valence-corrected chi connectivity index (χ1v) is 7.69. The van der Waals surface area contributed by atoms with Crippen molar-refractivity contribution in [2.75, 3.05) is 11.1 Å². The largest absolute Gasteiger partial charge is 0.403 e. The van der Waals surface area contributed by atoms with E-state index in [-0.39, 0.29) is 23.1 Å². The van der Waals surface area contributed by atoms with Crippen LogP contribution in [0.2, 0.25) is 5.02 Å². The van der Waals surface area contributed by atoms with Crippen LogP contribution in [0.15, 0.2) is 35.0 Å². The number of imidazole rings is 1. The van der Waals surface area contributed by atoms with Gasteiger partial charge in [0, 0.05) is 0 Å². The van der Waals surface area contributed by atoms with E-state index in [2.05, 4.69) is 25.5 Å². The molecule has 2 heterocycles. The zero-order valence-electron chi connectivity index (χ0n) is 13.0. The standard InChI is InChI=1S/C15H11BClFN6O/c16-6-1-2-9(8(17)3-6)22-12-7(14-23-24-15(19)25-14)4-10-13(11(12)18)21-5-20-10/h1-5,22H,16H2,(H2,19,24)(H,20,21). The number of nitrogens with two attached hydrogens (primary N) is 1. The molecule has 0 radical (unpaired) electrons. The first-order chi connectivity index (χ1) is 12.0. The van der Waals surface area contributed by atoms with Crippen molar-refractivity contribution in [3.05, 3.63) is 41.4 Å². The molecular weight excluding hydrogens is 345 g/mol. The summed E-state index contributed by atoms with van der Waals surface area (Å²) in [5.74, 6) is -0.485. The topological polar surface area (TPSA) is 106 Å². The quantitative estimate of drug-likeness (QED) is 0.485. The minimum absolute atomic E-state index is 0.0821. The molecule has 0 saturated heterocycles. The molecule has 0 fully saturated rings. The average molecular weight is 357 g/mol. The van der Waals surface area contributed by atoms with Crippen LogP contribution in [-0.2, 0) is 0 Å². The van der Waals surface area contributed by atoms with Crippen molar-refractivity contribution in [2.24, 2.45) is 0 Å². The number of aromatic nitrogens is 4. The second-order valence-electron chi connectivity index (χ2n) is 5.47. The van der Waals surface area contributed by atoms with Gasteiger partial charge in [0.15, 0.2) is 5.82 Å². The summed E-state index contributed by atoms with van der Waals surface area (Å²) in [5.41, 5.74) is 8.16. The van der Waals surface area contributed by atoms with E-state index < -0.39 is 5.82 Å². The molecule has 0 saturated carbocycles. The molecule has 0 amide bonds. The number of hydrogen-bond acceptors (Lipinski definition) is 6. The van der Waals surface area contributed by atoms with Crippen molar-refractivity contribution < 1.29 is 8.81 Å². The van der Waals surface area contributed by atoms with E-state index in [0.717, 1.165) is 5.46 Å². The number of halogens is 2. The first kappa shape index (κ1) is 15.5. The van der Waals surface area contributed by atoms with Crippen molar-refractivity contribution in [2.45, 2.75) is 0 Å². The molecule has 124 valence electrons. The summed E-state index contributed by atoms with van der Waals surface area (Å²) in [6.07, 6.45) is 1.41. The minimum Gasteiger partial charge on any atom is -0.403 e. The molecule has 0 aliphatic rings. The molecule has 4 aromatic rings. The average Bonchev–Trinajstić information content (AvgIpc) is 3.20. The van der Waals surface area contributed by atoms with Gasteiger partial charge in [0.2, 0.25) is 0 Å². The van der Waals surface area contributed by atoms with Crippen LogP contribution in [0.3, 0.4) is 0 Å². The number of anilines is 3. The first-order valence-electron chi connectivity index (χ1n) is 7.31. The Kier molecular flexibility index (Phi) is 3.58. The molecule has 0 aliphatic carbocycles. The molecule has 4 N–H and O–H groups in total. The van der Waals surface area contributed by atoms with Gasteiger partial charge in [-0.25, -0.2) is 9.37 Å². The van der Waals surface area contributed by atoms with Gasteiger partial charge in [-0.05, 0) is 18.2 Å². The predicted octanol–water partition coefficient (Wildman–Crippen LogP) is 1.99. The highest BCUT2D eigenvalue weighted by molar-refractivity contribution is 6.37. The van der Waals surface area contributed by atoms with Gasteiger partial charge >= 0.3 is 6.01 Å². The number of nitrogens with one attached hydrogen (secondary N) is 2. The lowest BCUT2D eigenvalue weighted by atomic mass is 9.96. The molecule has 10 heteroatoms. The summed E-state index contributed by atoms with van der Waals surface area (Å²) >= 11 is 6.25. The number of nitrogen functional groups attached to an aromatic ring is 1. The Morgan fingerprint density at radius 2 is 2.12 bits per heavy atom. The Morgan fingerprint density at radius 3 is 2.84 bits per heavy atom. The smallest absolute Gasteiger partial charge is 0.313 e. The van der Waals surface area contributed by atoms with Gasteiger partial charge in [0.25, 0.3) is 5.89 Å². The van der Waals surface area contributed by atoms with Gasteiger partial charge in [-0.2, -0.15) is 0 Å². The van der Waals surface area contributed by atoms with Crippen LogP contribution in [0, 0.1) is 5.82 Å². The van der Waals surface area contributed by atoms with E-state index in [1.54, 1.807) is 18.2 Å². The third kappa shape index (κ3) is 2.68. The summed E-state index contributed by atoms with van der Waals surface area (Å²) in [6.45, 7) is 0. The summed E-state index contributed by atoms with van der Waals surface area (Å²) in [7, 11) is 1.92. The normalized spacial score (nSPS) is 11.1. The molecular formula is C15H11BClFN6O. The van der Waals surface area contributed by atoms with Crippen LogP contribution in [0.25, 0.3) is 22.5 Å². The lowest BCUT2D eigenvalue weighted by Gasteiger charge is -2.13. The van der Waals surface area contributed by atoms with Crippen LogP contribution in [0.1, 0.15) is 0 Å². The summed E-state index contributed by atoms with van der Waals surface area (Å²) in [4.78, 5) is 6.86. The number of nitrogens with zero attached hydrogens (tertiary/aromatic N) is 3. The van der Waals surface area contributed by atoms with E-state index in [1.165, 1.54) is 6.33 Å². The molecule has 7 nitrogen and oxygen atoms in total. The molecule has 2 aromatic carbocycles. The van der Waals surface area contributed by atoms with Crippen LogP contribution in [-0.4, -0.2) is 28.0 Å². The van der Waals surface area contributed by atoms with Crippen molar-refractivity contribution in [3.8, 4) is 11.5 Å². The van der Waals surface area contributed by atoms with Gasteiger partial charge in [0.05, 0.1) is 33.8 Å². The number of H-pyrrole nitrogens is 1. The molecule has 0 bridgehead atoms. The number of fused-ring (bicyclic) bond motifs is 1. The van der Waals surface area contributed by atoms with E-state index in [9.17, 15) is 0 Å². The second kappa shape index (κ2) is 5.78. The van der Waals surface area contributed by atoms with Crippen molar-refractivity contribution >= 4 is 53.3 Å². The highest BCUT2D eigenvalue weighted by Crippen LogP contribution is 2.37. The zero-order valence-corrected chi connectivity index (χ0v) is 13.7. The summed E-state index contributed by atoms with van der Waals surface area (Å²) in [6, 6.07) is 6.95. The fourth-order valence-corrected chi connectivity index (χ4v) is 2.82. The maximum atomic E-state index is 15.0. The Bertz CT molecular complexity index is 1100. The fourth-order valence-electron chi connectivity index (χ4n) is 2.53. The molecule has 4 rings (SSSR count). The summed E-state index contributed by atoms with van der Waals surface area (Å²) in [5, 5.41) is 10.9. The van der Waals surface area contributed by atoms with E-state index in [4.69, 9.17) is 21.8 Å². The SMILES string of the molecule is Bc1ccc(Nc2c(-c3nnc(N)o3)cc3[nH]cnc3c2F)c(Cl)c1. The van der Waals surface area contributed by atoms with E-state index >= 15 is 4.39 Å². The fraction of sp³-hybridized carbons (Fsp3) is 0. The lowest BCUT2D eigenvalue weighted by molar-refractivity contribution is 0.589. The third-order valence-corrected chi connectivity index (χ3v) is 4.02. The maximum absolute atomic E-state index is 15.0. The van der Waals surface area contributed by atoms with Crippen molar-refractivity contribution in [3.63, 3.8) is 0 Å². The van der Waals surface area contributed by atoms with Gasteiger partial charge in [-0.1, -0.05) is 28.2 Å². The molecule has 0 aliphatic heterocycles. The highest BCUT2D eigenvalue weighted by atomic mass is 35.5. The van der Waals surface area contributed by atoms with Gasteiger partial charge in [-0.15, -0.1) is 5.10 Å². The zero-order chi connectivity index (χ0) is 17.6. The highest BCUT2D eigenvalue weighted by Gasteiger charge is 2.21. The Balaban J connectivity index is 1.92. The second-order valence-corrected chi connectivity index (χ2v) is 5.87. The number of benzene rings is 2. The van der Waals surface area contributed by atoms with Gasteiger partial charge in [0.1, 0.15) is 13.4 Å². The van der Waals surface area contributed by atoms with Crippen LogP contribution < -0.4 is 16.5 Å². The third-order valence-electron chi connectivity index (χ3n) is 3.71. The van der Waals surface area contributed by atoms with E-state index in [1.807, 2.05) is 13.9 Å². The van der Waals surface area contributed by atoms with Crippen LogP contribution in [0.4, 0.5) is 21.8 Å². The monoisotopic (exact) mass is 356 g/mol. The maximum Gasteiger partial charge on any atom is 0.313 e. The molecule has 0 atom stereocenters. The molecule has 2 aromatic heterocycles. The number of aromatic amines is 1. The predicted molar refractivity (Wildman–Crippen MR) is 96.7 cm³/mol. The van der Waals surface area contributed by atoms with Crippen LogP contribution in [0.5, 0.6) is 0 Å². The van der Waals surface area contributed by atoms with Gasteiger partial charge in [-0.3, -0.25) is 0 Å². The number of rotatable bonds is 3. The molecule has 0 spiro atoms. The van der Waals surface area contributed by atoms with Crippen molar-refractivity contribution in [1.29, 1.82) is 0 Å². The molecule has 25 heavy (non-hydrogen) atoms. The Labute approximate surface area is 146 Å². The number of hydrogen-bond donors (Lipinski definition) is 3.